The highest BCUT2D eigenvalue weighted by Crippen LogP contribution is 2.59. The zero-order chi connectivity index (χ0) is 14.5. The van der Waals surface area contributed by atoms with Crippen LogP contribution in [-0.2, 0) is 18.3 Å². The first-order valence-corrected chi connectivity index (χ1v) is 7.73. The summed E-state index contributed by atoms with van der Waals surface area (Å²) in [5.74, 6) is 1.12. The average Bonchev–Trinajstić information content (AvgIpc) is 2.89. The van der Waals surface area contributed by atoms with E-state index in [1.807, 2.05) is 18.7 Å². The minimum atomic E-state index is 0.327. The average molecular weight is 275 g/mol. The molecule has 110 valence electrons. The Morgan fingerprint density at radius 1 is 1.45 bits per heavy atom. The number of aromatic nitrogens is 2. The molecule has 0 aromatic carbocycles. The van der Waals surface area contributed by atoms with Crippen molar-refractivity contribution in [1.82, 2.24) is 14.7 Å². The van der Waals surface area contributed by atoms with Crippen molar-refractivity contribution in [2.45, 2.75) is 46.5 Å². The smallest absolute Gasteiger partial charge is 0.222 e. The summed E-state index contributed by atoms with van der Waals surface area (Å²) in [7, 11) is 1.96. The van der Waals surface area contributed by atoms with Gasteiger partial charge in [-0.05, 0) is 50.0 Å². The van der Waals surface area contributed by atoms with Gasteiger partial charge in [0.2, 0.25) is 5.91 Å². The molecule has 0 N–H and O–H groups in total. The molecule has 2 fully saturated rings. The number of hydrogen-bond acceptors (Lipinski definition) is 2. The molecule has 0 spiro atoms. The summed E-state index contributed by atoms with van der Waals surface area (Å²) >= 11 is 0. The van der Waals surface area contributed by atoms with E-state index >= 15 is 0 Å². The first kappa shape index (κ1) is 13.7. The summed E-state index contributed by atoms with van der Waals surface area (Å²) in [4.78, 5) is 14.5. The van der Waals surface area contributed by atoms with Gasteiger partial charge in [-0.2, -0.15) is 5.10 Å². The molecule has 4 nitrogen and oxygen atoms in total. The molecule has 1 aliphatic heterocycles. The van der Waals surface area contributed by atoms with Crippen molar-refractivity contribution in [3.05, 3.63) is 17.0 Å². The molecule has 1 saturated carbocycles. The molecule has 4 heteroatoms. The van der Waals surface area contributed by atoms with Crippen molar-refractivity contribution in [3.8, 4) is 0 Å². The third kappa shape index (κ3) is 2.05. The van der Waals surface area contributed by atoms with Gasteiger partial charge in [0.25, 0.3) is 0 Å². The second kappa shape index (κ2) is 4.61. The third-order valence-corrected chi connectivity index (χ3v) is 5.61. The largest absolute Gasteiger partial charge is 0.342 e. The Bertz CT molecular complexity index is 544. The van der Waals surface area contributed by atoms with E-state index < -0.39 is 0 Å². The number of piperidine rings is 1. The molecule has 1 aromatic heterocycles. The fourth-order valence-corrected chi connectivity index (χ4v) is 3.90. The van der Waals surface area contributed by atoms with Gasteiger partial charge in [-0.25, -0.2) is 0 Å². The molecule has 3 rings (SSSR count). The van der Waals surface area contributed by atoms with Crippen LogP contribution in [0.1, 0.15) is 43.1 Å². The maximum absolute atomic E-state index is 12.4. The number of hydrogen-bond donors (Lipinski definition) is 0. The minimum Gasteiger partial charge on any atom is -0.342 e. The second-order valence-electron chi connectivity index (χ2n) is 6.66. The number of carbonyl (C=O) groups excluding carboxylic acids is 1. The Labute approximate surface area is 121 Å². The van der Waals surface area contributed by atoms with Gasteiger partial charge in [0.05, 0.1) is 5.69 Å². The summed E-state index contributed by atoms with van der Waals surface area (Å²) in [6.45, 7) is 8.37. The first-order chi connectivity index (χ1) is 9.47. The molecule has 1 aromatic rings. The lowest BCUT2D eigenvalue weighted by molar-refractivity contribution is -0.130. The fraction of sp³-hybridized carbons (Fsp3) is 0.750. The maximum atomic E-state index is 12.4. The summed E-state index contributed by atoms with van der Waals surface area (Å²) in [6, 6.07) is 0. The van der Waals surface area contributed by atoms with Gasteiger partial charge in [-0.3, -0.25) is 9.48 Å². The minimum absolute atomic E-state index is 0.327. The molecule has 1 amide bonds. The Morgan fingerprint density at radius 3 is 2.75 bits per heavy atom. The van der Waals surface area contributed by atoms with Crippen molar-refractivity contribution in [2.24, 2.45) is 18.4 Å². The molecule has 1 saturated heterocycles. The second-order valence-corrected chi connectivity index (χ2v) is 6.66. The van der Waals surface area contributed by atoms with Gasteiger partial charge in [-0.1, -0.05) is 6.92 Å². The van der Waals surface area contributed by atoms with Crippen LogP contribution in [-0.4, -0.2) is 33.7 Å². The highest BCUT2D eigenvalue weighted by atomic mass is 16.2. The van der Waals surface area contributed by atoms with Crippen molar-refractivity contribution < 1.29 is 4.79 Å². The summed E-state index contributed by atoms with van der Waals surface area (Å²) in [5.41, 5.74) is 3.99. The zero-order valence-corrected chi connectivity index (χ0v) is 13.1. The quantitative estimate of drug-likeness (QED) is 0.845. The summed E-state index contributed by atoms with van der Waals surface area (Å²) < 4.78 is 1.91. The number of fused-ring (bicyclic) bond motifs is 1. The maximum Gasteiger partial charge on any atom is 0.222 e. The van der Waals surface area contributed by atoms with E-state index in [-0.39, 0.29) is 0 Å². The van der Waals surface area contributed by atoms with Crippen molar-refractivity contribution in [2.75, 3.05) is 13.1 Å². The van der Waals surface area contributed by atoms with E-state index in [1.54, 1.807) is 0 Å². The number of rotatable bonds is 4. The first-order valence-electron chi connectivity index (χ1n) is 7.73. The van der Waals surface area contributed by atoms with E-state index in [0.29, 0.717) is 17.7 Å². The van der Waals surface area contributed by atoms with Crippen LogP contribution in [0.3, 0.4) is 0 Å². The Balaban J connectivity index is 1.58. The van der Waals surface area contributed by atoms with Crippen LogP contribution >= 0.6 is 0 Å². The van der Waals surface area contributed by atoms with E-state index in [4.69, 9.17) is 0 Å². The molecular formula is C16H25N3O. The monoisotopic (exact) mass is 275 g/mol. The lowest BCUT2D eigenvalue weighted by Crippen LogP contribution is -2.32. The van der Waals surface area contributed by atoms with E-state index in [2.05, 4.69) is 23.8 Å². The van der Waals surface area contributed by atoms with Gasteiger partial charge in [0.1, 0.15) is 0 Å². The molecule has 2 unspecified atom stereocenters. The van der Waals surface area contributed by atoms with Crippen molar-refractivity contribution >= 4 is 5.91 Å². The van der Waals surface area contributed by atoms with Gasteiger partial charge in [0, 0.05) is 32.3 Å². The molecule has 0 bridgehead atoms. The Hall–Kier alpha value is -1.32. The van der Waals surface area contributed by atoms with Gasteiger partial charge >= 0.3 is 0 Å². The van der Waals surface area contributed by atoms with E-state index in [1.165, 1.54) is 24.1 Å². The molecule has 2 heterocycles. The number of likely N-dealkylation sites (tertiary alicyclic amines) is 1. The molecule has 0 radical (unpaired) electrons. The SMILES string of the molecule is CCC12CC1CN(C(=O)CCc1c(C)nn(C)c1C)C2. The van der Waals surface area contributed by atoms with E-state index in [9.17, 15) is 4.79 Å². The highest BCUT2D eigenvalue weighted by molar-refractivity contribution is 5.77. The predicted molar refractivity (Wildman–Crippen MR) is 78.4 cm³/mol. The summed E-state index contributed by atoms with van der Waals surface area (Å²) in [5, 5.41) is 4.42. The zero-order valence-electron chi connectivity index (χ0n) is 13.1. The number of aryl methyl sites for hydroxylation is 2. The fourth-order valence-electron chi connectivity index (χ4n) is 3.90. The molecular weight excluding hydrogens is 250 g/mol. The van der Waals surface area contributed by atoms with Crippen LogP contribution in [0.5, 0.6) is 0 Å². The molecule has 2 aliphatic rings. The van der Waals surface area contributed by atoms with Crippen LogP contribution in [0.15, 0.2) is 0 Å². The molecule has 2 atom stereocenters. The summed E-state index contributed by atoms with van der Waals surface area (Å²) in [6.07, 6.45) is 4.01. The molecule has 20 heavy (non-hydrogen) atoms. The number of carbonyl (C=O) groups is 1. The van der Waals surface area contributed by atoms with E-state index in [0.717, 1.165) is 31.1 Å². The normalized spacial score (nSPS) is 27.8. The van der Waals surface area contributed by atoms with Gasteiger partial charge in [0.15, 0.2) is 0 Å². The van der Waals surface area contributed by atoms with Crippen LogP contribution in [0.4, 0.5) is 0 Å². The number of nitrogens with zero attached hydrogens (tertiary/aromatic N) is 3. The Morgan fingerprint density at radius 2 is 2.20 bits per heavy atom. The topological polar surface area (TPSA) is 38.1 Å². The number of amides is 1. The third-order valence-electron chi connectivity index (χ3n) is 5.61. The van der Waals surface area contributed by atoms with Crippen molar-refractivity contribution in [1.29, 1.82) is 0 Å². The standard InChI is InChI=1S/C16H25N3O/c1-5-16-8-13(16)9-19(10-16)15(20)7-6-14-11(2)17-18(4)12(14)3/h13H,5-10H2,1-4H3. The predicted octanol–water partition coefficient (Wildman–Crippen LogP) is 2.23. The molecule has 1 aliphatic carbocycles. The van der Waals surface area contributed by atoms with Crippen LogP contribution < -0.4 is 0 Å². The van der Waals surface area contributed by atoms with Gasteiger partial charge < -0.3 is 4.90 Å². The van der Waals surface area contributed by atoms with Crippen LogP contribution in [0.25, 0.3) is 0 Å². The van der Waals surface area contributed by atoms with Crippen LogP contribution in [0.2, 0.25) is 0 Å². The Kier molecular flexibility index (Phi) is 3.14. The van der Waals surface area contributed by atoms with Crippen molar-refractivity contribution in [3.63, 3.8) is 0 Å². The van der Waals surface area contributed by atoms with Gasteiger partial charge in [-0.15, -0.1) is 0 Å². The van der Waals surface area contributed by atoms with Crippen LogP contribution in [0, 0.1) is 25.2 Å². The highest BCUT2D eigenvalue weighted by Gasteiger charge is 2.59. The lowest BCUT2D eigenvalue weighted by Gasteiger charge is -2.20. The lowest BCUT2D eigenvalue weighted by atomic mass is 10.0.